The van der Waals surface area contributed by atoms with Crippen LogP contribution in [-0.4, -0.2) is 103 Å². The molecule has 1 aromatic rings. The average Bonchev–Trinajstić information content (AvgIpc) is 2.84. The third-order valence-electron chi connectivity index (χ3n) is 6.27. The van der Waals surface area contributed by atoms with E-state index in [-0.39, 0.29) is 18.1 Å². The SMILES string of the molecule is CN1CCN(C2=CN3C(=O)C(=O)C(C(=O)NCc4ccc(F)cc4)N=C3C(N(C)S(C)(=O)=O)=C2)CC1. The Hall–Kier alpha value is -3.58. The van der Waals surface area contributed by atoms with Crippen molar-refractivity contribution in [3.05, 3.63) is 59.3 Å². The predicted octanol–water partition coefficient (Wildman–Crippen LogP) is -0.502. The molecular weight excluding hydrogens is 491 g/mol. The number of nitrogens with zero attached hydrogens (tertiary/aromatic N) is 5. The number of Topliss-reactive ketones (excluding diaryl/α,β-unsaturated/α-hetero) is 1. The van der Waals surface area contributed by atoms with Crippen molar-refractivity contribution >= 4 is 33.5 Å². The third kappa shape index (κ3) is 5.16. The quantitative estimate of drug-likeness (QED) is 0.398. The molecule has 0 spiro atoms. The van der Waals surface area contributed by atoms with E-state index in [4.69, 9.17) is 0 Å². The highest BCUT2D eigenvalue weighted by Gasteiger charge is 2.44. The van der Waals surface area contributed by atoms with Crippen LogP contribution in [0.4, 0.5) is 4.39 Å². The van der Waals surface area contributed by atoms with Gasteiger partial charge in [-0.25, -0.2) is 17.8 Å². The van der Waals surface area contributed by atoms with Gasteiger partial charge in [0.15, 0.2) is 11.9 Å². The van der Waals surface area contributed by atoms with Crippen LogP contribution in [0.25, 0.3) is 0 Å². The first-order chi connectivity index (χ1) is 17.0. The summed E-state index contributed by atoms with van der Waals surface area (Å²) in [6, 6.07) is 3.74. The molecule has 0 aliphatic carbocycles. The summed E-state index contributed by atoms with van der Waals surface area (Å²) < 4.78 is 38.9. The Bertz CT molecular complexity index is 1280. The summed E-state index contributed by atoms with van der Waals surface area (Å²) in [7, 11) is -0.449. The number of benzene rings is 1. The molecule has 0 radical (unpaired) electrons. The van der Waals surface area contributed by atoms with Crippen molar-refractivity contribution in [2.24, 2.45) is 4.99 Å². The van der Waals surface area contributed by atoms with Crippen LogP contribution in [-0.2, 0) is 31.0 Å². The maximum Gasteiger partial charge on any atom is 0.302 e. The van der Waals surface area contributed by atoms with Crippen LogP contribution in [0.5, 0.6) is 0 Å². The van der Waals surface area contributed by atoms with Crippen LogP contribution >= 0.6 is 0 Å². The van der Waals surface area contributed by atoms with Gasteiger partial charge in [0.2, 0.25) is 10.0 Å². The number of allylic oxidation sites excluding steroid dienone is 1. The molecule has 36 heavy (non-hydrogen) atoms. The normalized spacial score (nSPS) is 20.9. The van der Waals surface area contributed by atoms with E-state index < -0.39 is 39.5 Å². The summed E-state index contributed by atoms with van der Waals surface area (Å²) in [4.78, 5) is 48.2. The van der Waals surface area contributed by atoms with Crippen LogP contribution < -0.4 is 5.32 Å². The topological polar surface area (TPSA) is 123 Å². The maximum atomic E-state index is 13.1. The molecule has 0 saturated carbocycles. The lowest BCUT2D eigenvalue weighted by molar-refractivity contribution is -0.144. The second-order valence-electron chi connectivity index (χ2n) is 8.84. The molecule has 11 nitrogen and oxygen atoms in total. The lowest BCUT2D eigenvalue weighted by Crippen LogP contribution is -2.55. The van der Waals surface area contributed by atoms with Gasteiger partial charge in [-0.1, -0.05) is 12.1 Å². The summed E-state index contributed by atoms with van der Waals surface area (Å²) in [5.74, 6) is -3.37. The summed E-state index contributed by atoms with van der Waals surface area (Å²) >= 11 is 0. The minimum atomic E-state index is -3.76. The van der Waals surface area contributed by atoms with E-state index in [1.807, 2.05) is 11.9 Å². The van der Waals surface area contributed by atoms with E-state index in [1.54, 1.807) is 6.08 Å². The molecule has 1 aromatic carbocycles. The highest BCUT2D eigenvalue weighted by Crippen LogP contribution is 2.27. The number of nitrogens with one attached hydrogen (secondary N) is 1. The predicted molar refractivity (Wildman–Crippen MR) is 129 cm³/mol. The van der Waals surface area contributed by atoms with E-state index in [1.165, 1.54) is 37.5 Å². The molecule has 13 heteroatoms. The monoisotopic (exact) mass is 518 g/mol. The van der Waals surface area contributed by atoms with Crippen molar-refractivity contribution in [3.8, 4) is 0 Å². The minimum Gasteiger partial charge on any atom is -0.368 e. The number of sulfonamides is 1. The fraction of sp³-hybridized carbons (Fsp3) is 0.391. The van der Waals surface area contributed by atoms with Gasteiger partial charge in [-0.15, -0.1) is 0 Å². The average molecular weight is 519 g/mol. The number of rotatable bonds is 6. The second-order valence-corrected chi connectivity index (χ2v) is 10.9. The van der Waals surface area contributed by atoms with Gasteiger partial charge in [0.25, 0.3) is 11.7 Å². The largest absolute Gasteiger partial charge is 0.368 e. The molecule has 3 aliphatic rings. The first-order valence-corrected chi connectivity index (χ1v) is 13.1. The number of carbonyl (C=O) groups is 3. The number of carbonyl (C=O) groups excluding carboxylic acids is 3. The van der Waals surface area contributed by atoms with Crippen molar-refractivity contribution in [2.45, 2.75) is 12.6 Å². The number of aliphatic imine (C=N–C) groups is 1. The number of amides is 2. The Morgan fingerprint density at radius 2 is 1.81 bits per heavy atom. The fourth-order valence-corrected chi connectivity index (χ4v) is 4.46. The zero-order valence-electron chi connectivity index (χ0n) is 20.1. The number of hydrogen-bond donors (Lipinski definition) is 1. The Labute approximate surface area is 208 Å². The molecule has 3 heterocycles. The lowest BCUT2D eigenvalue weighted by Gasteiger charge is -2.39. The smallest absolute Gasteiger partial charge is 0.302 e. The lowest BCUT2D eigenvalue weighted by atomic mass is 10.1. The van der Waals surface area contributed by atoms with Crippen LogP contribution in [0.2, 0.25) is 0 Å². The zero-order valence-corrected chi connectivity index (χ0v) is 21.0. The molecule has 1 atom stereocenters. The van der Waals surface area contributed by atoms with Crippen molar-refractivity contribution in [3.63, 3.8) is 0 Å². The van der Waals surface area contributed by atoms with Crippen molar-refractivity contribution in [1.82, 2.24) is 24.3 Å². The standard InChI is InChI=1S/C23H27FN6O5S/c1-27-8-10-29(11-9-27)17-12-18(28(2)36(3,34)35)21-26-19(20(31)23(33)30(21)14-17)22(32)25-13-15-4-6-16(24)7-5-15/h4-7,12,14,19H,8-11,13H2,1-3H3,(H,25,32). The minimum absolute atomic E-state index is 0.00888. The molecule has 192 valence electrons. The Morgan fingerprint density at radius 3 is 2.42 bits per heavy atom. The Balaban J connectivity index is 1.66. The van der Waals surface area contributed by atoms with Gasteiger partial charge in [0.05, 0.1) is 17.6 Å². The number of amidine groups is 1. The molecular formula is C23H27FN6O5S. The Morgan fingerprint density at radius 1 is 1.17 bits per heavy atom. The number of likely N-dealkylation sites (N-methyl/N-ethyl adjacent to an activating group) is 2. The fourth-order valence-electron chi connectivity index (χ4n) is 3.97. The van der Waals surface area contributed by atoms with Crippen molar-refractivity contribution in [1.29, 1.82) is 0 Å². The third-order valence-corrected chi connectivity index (χ3v) is 7.46. The van der Waals surface area contributed by atoms with Crippen molar-refractivity contribution in [2.75, 3.05) is 46.5 Å². The molecule has 1 fully saturated rings. The molecule has 0 aromatic heterocycles. The van der Waals surface area contributed by atoms with E-state index >= 15 is 0 Å². The summed E-state index contributed by atoms with van der Waals surface area (Å²) in [6.45, 7) is 2.82. The second kappa shape index (κ2) is 9.82. The summed E-state index contributed by atoms with van der Waals surface area (Å²) in [6.07, 6.45) is 4.06. The van der Waals surface area contributed by atoms with Gasteiger partial charge < -0.3 is 15.1 Å². The highest BCUT2D eigenvalue weighted by molar-refractivity contribution is 7.88. The number of hydrogen-bond acceptors (Lipinski definition) is 8. The van der Waals surface area contributed by atoms with Gasteiger partial charge in [0.1, 0.15) is 5.82 Å². The number of ketones is 1. The van der Waals surface area contributed by atoms with Crippen LogP contribution in [0, 0.1) is 5.82 Å². The van der Waals surface area contributed by atoms with E-state index in [2.05, 4.69) is 15.2 Å². The number of fused-ring (bicyclic) bond motifs is 1. The molecule has 2 amide bonds. The first kappa shape index (κ1) is 25.5. The summed E-state index contributed by atoms with van der Waals surface area (Å²) in [5.41, 5.74) is 1.22. The van der Waals surface area contributed by atoms with Gasteiger partial charge >= 0.3 is 5.91 Å². The van der Waals surface area contributed by atoms with Crippen LogP contribution in [0.15, 0.2) is 52.9 Å². The molecule has 0 bridgehead atoms. The number of piperazine rings is 1. The van der Waals surface area contributed by atoms with Gasteiger partial charge in [-0.3, -0.25) is 23.6 Å². The van der Waals surface area contributed by atoms with Crippen LogP contribution in [0.1, 0.15) is 5.56 Å². The summed E-state index contributed by atoms with van der Waals surface area (Å²) in [5, 5.41) is 2.53. The Kier molecular flexibility index (Phi) is 6.96. The van der Waals surface area contributed by atoms with Crippen LogP contribution in [0.3, 0.4) is 0 Å². The maximum absolute atomic E-state index is 13.1. The van der Waals surface area contributed by atoms with E-state index in [0.717, 1.165) is 28.6 Å². The highest BCUT2D eigenvalue weighted by atomic mass is 32.2. The molecule has 1 N–H and O–H groups in total. The molecule has 3 aliphatic heterocycles. The van der Waals surface area contributed by atoms with Gasteiger partial charge in [-0.05, 0) is 30.8 Å². The van der Waals surface area contributed by atoms with Gasteiger partial charge in [-0.2, -0.15) is 0 Å². The molecule has 1 unspecified atom stereocenters. The first-order valence-electron chi connectivity index (χ1n) is 11.2. The van der Waals surface area contributed by atoms with E-state index in [9.17, 15) is 27.2 Å². The van der Waals surface area contributed by atoms with E-state index in [0.29, 0.717) is 24.4 Å². The molecule has 4 rings (SSSR count). The van der Waals surface area contributed by atoms with Gasteiger partial charge in [0, 0.05) is 46.0 Å². The molecule has 1 saturated heterocycles. The number of halogens is 1. The van der Waals surface area contributed by atoms with Crippen molar-refractivity contribution < 1.29 is 27.2 Å². The zero-order chi connectivity index (χ0) is 26.2.